The highest BCUT2D eigenvalue weighted by molar-refractivity contribution is 5.87. The van der Waals surface area contributed by atoms with Crippen LogP contribution >= 0.6 is 0 Å². The summed E-state index contributed by atoms with van der Waals surface area (Å²) in [5.74, 6) is 7.45. The number of nitrogens with one attached hydrogen (secondary N) is 4. The first-order valence-electron chi connectivity index (χ1n) is 20.8. The minimum Gasteiger partial charge on any atom is -0.453 e. The summed E-state index contributed by atoms with van der Waals surface area (Å²) in [6.07, 6.45) is 5.09. The Morgan fingerprint density at radius 1 is 0.783 bits per heavy atom. The number of imidazole rings is 2. The summed E-state index contributed by atoms with van der Waals surface area (Å²) in [5.41, 5.74) is 4.98. The van der Waals surface area contributed by atoms with E-state index in [1.54, 1.807) is 6.20 Å². The molecule has 60 heavy (non-hydrogen) atoms. The standard InChI is InChI=1S/C45H54N8O7/c1-26(2)36(50-42(56)58-5)40(54)52-23-44(15-16-44)20-34(52)38-46-22-33(49-38)30-12-9-28(10-13-30)7-8-29-11-14-31-32(19-29)48-39(47-31)35-21-45(17-18-60-25-45)24-53(35)41(55)37(27(3)4)51-43(57)59-6/h9-14,19,22,26-27,34-37H,15-18,20-21,23-25H2,1-6H3,(H,46,49)(H,47,48)(H,50,56)(H,51,57)/t34-,35-,36-,37-,45-/m0/s1. The molecule has 4 aromatic rings. The minimum atomic E-state index is -0.744. The van der Waals surface area contributed by atoms with Gasteiger partial charge in [0.15, 0.2) is 0 Å². The van der Waals surface area contributed by atoms with Gasteiger partial charge in [-0.05, 0) is 85.3 Å². The van der Waals surface area contributed by atoms with Gasteiger partial charge in [0.05, 0.1) is 55.8 Å². The third kappa shape index (κ3) is 8.17. The third-order valence-corrected chi connectivity index (χ3v) is 12.8. The molecule has 15 nitrogen and oxygen atoms in total. The average Bonchev–Trinajstić information content (AvgIpc) is 3.84. The largest absolute Gasteiger partial charge is 0.453 e. The van der Waals surface area contributed by atoms with Crippen LogP contribution in [0.2, 0.25) is 0 Å². The molecule has 3 aliphatic heterocycles. The summed E-state index contributed by atoms with van der Waals surface area (Å²) < 4.78 is 15.4. The molecule has 5 heterocycles. The number of methoxy groups -OCH3 is 2. The van der Waals surface area contributed by atoms with Crippen LogP contribution in [0.1, 0.15) is 94.7 Å². The average molecular weight is 819 g/mol. The van der Waals surface area contributed by atoms with E-state index in [2.05, 4.69) is 32.4 Å². The van der Waals surface area contributed by atoms with Gasteiger partial charge < -0.3 is 44.6 Å². The molecule has 2 aromatic heterocycles. The van der Waals surface area contributed by atoms with E-state index in [-0.39, 0.29) is 46.6 Å². The second-order valence-corrected chi connectivity index (χ2v) is 17.8. The molecular weight excluding hydrogens is 765 g/mol. The van der Waals surface area contributed by atoms with Crippen LogP contribution in [0.25, 0.3) is 22.3 Å². The van der Waals surface area contributed by atoms with Crippen LogP contribution in [0.5, 0.6) is 0 Å². The Morgan fingerprint density at radius 2 is 1.37 bits per heavy atom. The van der Waals surface area contributed by atoms with Gasteiger partial charge in [-0.3, -0.25) is 9.59 Å². The summed E-state index contributed by atoms with van der Waals surface area (Å²) in [7, 11) is 2.59. The van der Waals surface area contributed by atoms with Gasteiger partial charge in [-0.25, -0.2) is 19.6 Å². The van der Waals surface area contributed by atoms with Gasteiger partial charge >= 0.3 is 12.2 Å². The minimum absolute atomic E-state index is 0.111. The first kappa shape index (κ1) is 40.9. The summed E-state index contributed by atoms with van der Waals surface area (Å²) in [6.45, 7) is 10.0. The molecule has 1 saturated carbocycles. The predicted molar refractivity (Wildman–Crippen MR) is 222 cm³/mol. The van der Waals surface area contributed by atoms with E-state index in [1.807, 2.05) is 80.0 Å². The number of hydrogen-bond donors (Lipinski definition) is 4. The van der Waals surface area contributed by atoms with Crippen LogP contribution in [-0.4, -0.2) is 106 Å². The number of fused-ring (bicyclic) bond motifs is 1. The van der Waals surface area contributed by atoms with Gasteiger partial charge in [0.25, 0.3) is 0 Å². The molecule has 4 fully saturated rings. The van der Waals surface area contributed by atoms with Gasteiger partial charge in [0.1, 0.15) is 23.7 Å². The van der Waals surface area contributed by atoms with Gasteiger partial charge in [0, 0.05) is 36.2 Å². The monoisotopic (exact) mass is 818 g/mol. The van der Waals surface area contributed by atoms with Gasteiger partial charge in [-0.2, -0.15) is 0 Å². The zero-order valence-electron chi connectivity index (χ0n) is 35.1. The Labute approximate surface area is 349 Å². The fourth-order valence-electron chi connectivity index (χ4n) is 9.09. The van der Waals surface area contributed by atoms with Crippen molar-refractivity contribution in [3.63, 3.8) is 0 Å². The maximum Gasteiger partial charge on any atom is 0.407 e. The predicted octanol–water partition coefficient (Wildman–Crippen LogP) is 5.85. The van der Waals surface area contributed by atoms with Crippen LogP contribution in [0.15, 0.2) is 48.7 Å². The van der Waals surface area contributed by atoms with Crippen LogP contribution in [0.3, 0.4) is 0 Å². The molecule has 5 atom stereocenters. The quantitative estimate of drug-likeness (QED) is 0.151. The van der Waals surface area contributed by atoms with Gasteiger partial charge in [-0.15, -0.1) is 0 Å². The van der Waals surface area contributed by atoms with Crippen molar-refractivity contribution < 1.29 is 33.4 Å². The van der Waals surface area contributed by atoms with Crippen molar-refractivity contribution in [2.24, 2.45) is 22.7 Å². The SMILES string of the molecule is COC(=O)N[C@H](C(=O)N1CC2(CC2)C[C@H]1c1ncc(-c2ccc(C#Cc3ccc4nc([C@@H]5C[C@@]6(CCOC6)CN5C(=O)[C@@H](NC(=O)OC)C(C)C)[nH]c4c3)cc2)[nH]1)C(C)C. The summed E-state index contributed by atoms with van der Waals surface area (Å²) >= 11 is 0. The van der Waals surface area contributed by atoms with Crippen LogP contribution in [-0.2, 0) is 23.8 Å². The highest BCUT2D eigenvalue weighted by Gasteiger charge is 2.55. The van der Waals surface area contributed by atoms with E-state index in [1.165, 1.54) is 14.2 Å². The molecule has 316 valence electrons. The number of ether oxygens (including phenoxy) is 3. The van der Waals surface area contributed by atoms with Crippen molar-refractivity contribution in [3.05, 3.63) is 71.4 Å². The number of benzene rings is 2. The molecule has 15 heteroatoms. The van der Waals surface area contributed by atoms with Crippen molar-refractivity contribution in [3.8, 4) is 23.1 Å². The summed E-state index contributed by atoms with van der Waals surface area (Å²) in [6, 6.07) is 11.8. The van der Waals surface area contributed by atoms with E-state index in [4.69, 9.17) is 24.2 Å². The topological polar surface area (TPSA) is 184 Å². The molecule has 4 aliphatic rings. The molecule has 0 radical (unpaired) electrons. The summed E-state index contributed by atoms with van der Waals surface area (Å²) in [5, 5.41) is 5.48. The van der Waals surface area contributed by atoms with Crippen molar-refractivity contribution >= 4 is 35.0 Å². The van der Waals surface area contributed by atoms with Crippen molar-refractivity contribution in [2.75, 3.05) is 40.5 Å². The molecule has 3 saturated heterocycles. The molecule has 8 rings (SSSR count). The van der Waals surface area contributed by atoms with E-state index in [0.717, 1.165) is 64.9 Å². The Morgan fingerprint density at radius 3 is 1.95 bits per heavy atom. The van der Waals surface area contributed by atoms with E-state index in [0.29, 0.717) is 38.5 Å². The number of rotatable bonds is 9. The van der Waals surface area contributed by atoms with Gasteiger partial charge in [0.2, 0.25) is 11.8 Å². The Balaban J connectivity index is 0.969. The first-order chi connectivity index (χ1) is 28.8. The highest BCUT2D eigenvalue weighted by atomic mass is 16.5. The van der Waals surface area contributed by atoms with E-state index >= 15 is 0 Å². The smallest absolute Gasteiger partial charge is 0.407 e. The molecule has 2 aromatic carbocycles. The molecule has 4 N–H and O–H groups in total. The highest BCUT2D eigenvalue weighted by Crippen LogP contribution is 2.58. The lowest BCUT2D eigenvalue weighted by molar-refractivity contribution is -0.136. The zero-order valence-corrected chi connectivity index (χ0v) is 35.1. The number of H-pyrrole nitrogens is 2. The number of carbonyl (C=O) groups excluding carboxylic acids is 4. The molecule has 2 spiro atoms. The number of likely N-dealkylation sites (tertiary alicyclic amines) is 2. The number of aromatic amines is 2. The third-order valence-electron chi connectivity index (χ3n) is 12.8. The Kier molecular flexibility index (Phi) is 11.1. The second-order valence-electron chi connectivity index (χ2n) is 17.8. The number of aromatic nitrogens is 4. The van der Waals surface area contributed by atoms with Crippen molar-refractivity contribution in [1.82, 2.24) is 40.4 Å². The molecule has 1 aliphatic carbocycles. The van der Waals surface area contributed by atoms with Crippen molar-refractivity contribution in [2.45, 2.75) is 84.0 Å². The van der Waals surface area contributed by atoms with E-state index < -0.39 is 24.3 Å². The zero-order chi connectivity index (χ0) is 42.3. The maximum atomic E-state index is 14.1. The lowest BCUT2D eigenvalue weighted by Gasteiger charge is -2.30. The van der Waals surface area contributed by atoms with Crippen molar-refractivity contribution in [1.29, 1.82) is 0 Å². The van der Waals surface area contributed by atoms with Crippen LogP contribution < -0.4 is 10.6 Å². The molecule has 0 bridgehead atoms. The molecule has 0 unspecified atom stereocenters. The molecular formula is C45H54N8O7. The van der Waals surface area contributed by atoms with E-state index in [9.17, 15) is 19.2 Å². The number of hydrogen-bond acceptors (Lipinski definition) is 9. The molecule has 4 amide bonds. The van der Waals surface area contributed by atoms with Gasteiger partial charge in [-0.1, -0.05) is 51.7 Å². The summed E-state index contributed by atoms with van der Waals surface area (Å²) in [4.78, 5) is 72.6. The number of nitrogens with zero attached hydrogens (tertiary/aromatic N) is 4. The Hall–Kier alpha value is -5.88. The lowest BCUT2D eigenvalue weighted by Crippen LogP contribution is -2.51. The normalized spacial score (nSPS) is 22.6. The Bertz CT molecular complexity index is 2330. The van der Waals surface area contributed by atoms with Crippen LogP contribution in [0, 0.1) is 34.5 Å². The number of carbonyl (C=O) groups is 4. The lowest BCUT2D eigenvalue weighted by atomic mass is 9.85. The number of amides is 4. The first-order valence-corrected chi connectivity index (χ1v) is 20.8. The number of alkyl carbamates (subject to hydrolysis) is 2. The maximum absolute atomic E-state index is 14.1. The second kappa shape index (κ2) is 16.3. The fourth-order valence-corrected chi connectivity index (χ4v) is 9.09. The fraction of sp³-hybridized carbons (Fsp3) is 0.511. The van der Waals surface area contributed by atoms with Crippen LogP contribution in [0.4, 0.5) is 9.59 Å².